The number of aromatic amines is 2. The van der Waals surface area contributed by atoms with Gasteiger partial charge in [-0.05, 0) is 24.6 Å². The molecule has 0 aliphatic carbocycles. The Morgan fingerprint density at radius 3 is 2.74 bits per heavy atom. The van der Waals surface area contributed by atoms with Crippen LogP contribution in [0.25, 0.3) is 10.9 Å². The Morgan fingerprint density at radius 1 is 1.16 bits per heavy atom. The fraction of sp³-hybridized carbons (Fsp3) is 0.520. The molecule has 2 aliphatic heterocycles. The van der Waals surface area contributed by atoms with Crippen LogP contribution in [-0.2, 0) is 20.6 Å². The number of fused-ring (bicyclic) bond motifs is 1. The first-order valence-electron chi connectivity index (χ1n) is 12.6. The van der Waals surface area contributed by atoms with Crippen molar-refractivity contribution in [3.05, 3.63) is 69.1 Å². The molecule has 1 aromatic carbocycles. The lowest BCUT2D eigenvalue weighted by Gasteiger charge is -2.28. The molecule has 3 aromatic rings. The maximum absolute atomic E-state index is 12.3. The van der Waals surface area contributed by atoms with Crippen LogP contribution in [0.1, 0.15) is 18.2 Å². The van der Waals surface area contributed by atoms with E-state index in [0.29, 0.717) is 6.54 Å². The van der Waals surface area contributed by atoms with Gasteiger partial charge in [0.05, 0.1) is 12.2 Å². The molecule has 206 valence electrons. The number of benzene rings is 1. The molecule has 38 heavy (non-hydrogen) atoms. The summed E-state index contributed by atoms with van der Waals surface area (Å²) in [5.74, 6) is 0. The second-order valence-corrected chi connectivity index (χ2v) is 9.63. The second kappa shape index (κ2) is 11.5. The largest absolute Gasteiger partial charge is 0.388 e. The molecule has 2 aliphatic rings. The average Bonchev–Trinajstić information content (AvgIpc) is 3.57. The van der Waals surface area contributed by atoms with E-state index in [1.54, 1.807) is 0 Å². The minimum Gasteiger partial charge on any atom is -0.388 e. The number of nitrogens with zero attached hydrogens (tertiary/aromatic N) is 1. The first-order chi connectivity index (χ1) is 18.4. The number of ether oxygens (including phenoxy) is 3. The quantitative estimate of drug-likeness (QED) is 0.148. The molecule has 13 nitrogen and oxygen atoms in total. The first kappa shape index (κ1) is 26.7. The van der Waals surface area contributed by atoms with Gasteiger partial charge in [-0.3, -0.25) is 14.3 Å². The molecular formula is C25H33N5O8. The van der Waals surface area contributed by atoms with Gasteiger partial charge in [0.15, 0.2) is 12.5 Å². The number of aliphatic hydroxyl groups excluding tert-OH is 3. The van der Waals surface area contributed by atoms with E-state index in [0.717, 1.165) is 27.5 Å². The van der Waals surface area contributed by atoms with Crippen molar-refractivity contribution in [1.29, 1.82) is 0 Å². The van der Waals surface area contributed by atoms with Gasteiger partial charge in [-0.25, -0.2) is 4.79 Å². The summed E-state index contributed by atoms with van der Waals surface area (Å²) in [4.78, 5) is 29.1. The molecule has 8 N–H and O–H groups in total. The summed E-state index contributed by atoms with van der Waals surface area (Å²) in [7, 11) is 0. The number of aliphatic hydroxyl groups is 3. The van der Waals surface area contributed by atoms with Crippen LogP contribution in [-0.4, -0.2) is 92.4 Å². The van der Waals surface area contributed by atoms with Gasteiger partial charge in [-0.15, -0.1) is 0 Å². The molecule has 2 saturated heterocycles. The third-order valence-electron chi connectivity index (χ3n) is 7.11. The zero-order valence-electron chi connectivity index (χ0n) is 20.6. The summed E-state index contributed by atoms with van der Waals surface area (Å²) < 4.78 is 18.8. The third-order valence-corrected chi connectivity index (χ3v) is 7.11. The predicted molar refractivity (Wildman–Crippen MR) is 135 cm³/mol. The number of hydrogen-bond donors (Lipinski definition) is 7. The molecule has 8 atom stereocenters. The van der Waals surface area contributed by atoms with Crippen LogP contribution < -0.4 is 22.3 Å². The molecule has 0 amide bonds. The first-order valence-corrected chi connectivity index (χ1v) is 12.6. The Bertz CT molecular complexity index is 1340. The van der Waals surface area contributed by atoms with Crippen molar-refractivity contribution in [3.8, 4) is 0 Å². The summed E-state index contributed by atoms with van der Waals surface area (Å²) in [5, 5.41) is 35.8. The summed E-state index contributed by atoms with van der Waals surface area (Å²) >= 11 is 0. The number of nitrogens with two attached hydrogens (primary N) is 1. The number of hydrogen-bond acceptors (Lipinski definition) is 10. The predicted octanol–water partition coefficient (Wildman–Crippen LogP) is -1.71. The van der Waals surface area contributed by atoms with Gasteiger partial charge in [0, 0.05) is 48.9 Å². The molecule has 0 bridgehead atoms. The van der Waals surface area contributed by atoms with E-state index >= 15 is 0 Å². The van der Waals surface area contributed by atoms with E-state index in [1.807, 2.05) is 24.4 Å². The molecule has 0 radical (unpaired) electrons. The zero-order chi connectivity index (χ0) is 26.8. The highest BCUT2D eigenvalue weighted by Gasteiger charge is 2.46. The number of H-pyrrole nitrogens is 2. The number of para-hydroxylation sites is 1. The van der Waals surface area contributed by atoms with Crippen molar-refractivity contribution in [2.45, 2.75) is 62.0 Å². The van der Waals surface area contributed by atoms with Crippen molar-refractivity contribution in [3.63, 3.8) is 0 Å². The molecular weight excluding hydrogens is 498 g/mol. The minimum absolute atomic E-state index is 0.00146. The Balaban J connectivity index is 1.28. The number of aromatic nitrogens is 3. The Hall–Kier alpha value is -2.88. The smallest absolute Gasteiger partial charge is 0.330 e. The molecule has 0 saturated carbocycles. The standard InChI is InChI=1S/C25H33N5O8/c26-10-18-21(33)22(34)24(37-18)38-19(12-27-7-5-13-11-28-15-4-2-1-3-14(13)15)17-9-16(31)23(36-17)30-8-6-20(32)29-25(30)35/h1-4,6,8,11,16-19,21-24,27-28,31,33-34H,5,7,9-10,12,26H2,(H,29,32,35)/t16-,17+,18-,19+,21-,22-,23-,24+/m1/s1. The Morgan fingerprint density at radius 2 is 1.97 bits per heavy atom. The van der Waals surface area contributed by atoms with Crippen molar-refractivity contribution in [1.82, 2.24) is 19.9 Å². The molecule has 2 aromatic heterocycles. The van der Waals surface area contributed by atoms with Crippen LogP contribution in [0.4, 0.5) is 0 Å². The minimum atomic E-state index is -1.32. The van der Waals surface area contributed by atoms with E-state index in [9.17, 15) is 24.9 Å². The molecule has 2 fully saturated rings. The number of nitrogens with one attached hydrogen (secondary N) is 3. The van der Waals surface area contributed by atoms with Crippen molar-refractivity contribution in [2.75, 3.05) is 19.6 Å². The Kier molecular flexibility index (Phi) is 8.07. The van der Waals surface area contributed by atoms with Gasteiger partial charge >= 0.3 is 5.69 Å². The summed E-state index contributed by atoms with van der Waals surface area (Å²) in [6.45, 7) is 0.867. The van der Waals surface area contributed by atoms with Crippen LogP contribution in [0.15, 0.2) is 52.3 Å². The normalized spacial score (nSPS) is 30.3. The van der Waals surface area contributed by atoms with Gasteiger partial charge in [-0.1, -0.05) is 18.2 Å². The van der Waals surface area contributed by atoms with Crippen LogP contribution in [0.2, 0.25) is 0 Å². The van der Waals surface area contributed by atoms with Crippen LogP contribution in [0, 0.1) is 0 Å². The molecule has 5 rings (SSSR count). The monoisotopic (exact) mass is 531 g/mol. The van der Waals surface area contributed by atoms with Gasteiger partial charge in [0.2, 0.25) is 0 Å². The van der Waals surface area contributed by atoms with Gasteiger partial charge in [-0.2, -0.15) is 0 Å². The van der Waals surface area contributed by atoms with Crippen molar-refractivity contribution in [2.24, 2.45) is 5.73 Å². The van der Waals surface area contributed by atoms with Crippen molar-refractivity contribution >= 4 is 10.9 Å². The van der Waals surface area contributed by atoms with E-state index in [-0.39, 0.29) is 19.5 Å². The lowest BCUT2D eigenvalue weighted by Crippen LogP contribution is -2.44. The second-order valence-electron chi connectivity index (χ2n) is 9.63. The summed E-state index contributed by atoms with van der Waals surface area (Å²) in [6.07, 6.45) is -3.89. The lowest BCUT2D eigenvalue weighted by molar-refractivity contribution is -0.213. The van der Waals surface area contributed by atoms with Crippen LogP contribution >= 0.6 is 0 Å². The van der Waals surface area contributed by atoms with Gasteiger partial charge in [0.1, 0.15) is 24.4 Å². The summed E-state index contributed by atoms with van der Waals surface area (Å²) in [5.41, 5.74) is 6.57. The lowest BCUT2D eigenvalue weighted by atomic mass is 10.1. The summed E-state index contributed by atoms with van der Waals surface area (Å²) in [6, 6.07) is 9.19. The van der Waals surface area contributed by atoms with Gasteiger partial charge in [0.25, 0.3) is 5.56 Å². The third kappa shape index (κ3) is 5.46. The average molecular weight is 532 g/mol. The zero-order valence-corrected chi connectivity index (χ0v) is 20.6. The maximum Gasteiger partial charge on any atom is 0.330 e. The highest BCUT2D eigenvalue weighted by atomic mass is 16.7. The van der Waals surface area contributed by atoms with Crippen LogP contribution in [0.3, 0.4) is 0 Å². The highest BCUT2D eigenvalue weighted by Crippen LogP contribution is 2.32. The maximum atomic E-state index is 12.3. The highest BCUT2D eigenvalue weighted by molar-refractivity contribution is 5.83. The topological polar surface area (TPSA) is 197 Å². The molecule has 0 unspecified atom stereocenters. The fourth-order valence-electron chi connectivity index (χ4n) is 5.06. The fourth-order valence-corrected chi connectivity index (χ4v) is 5.06. The molecule has 0 spiro atoms. The van der Waals surface area contributed by atoms with Gasteiger partial charge < -0.3 is 45.6 Å². The SMILES string of the molecule is NC[C@H]1O[C@@H](O[C@@H](CNCCc2c[nH]c3ccccc23)[C@@H]2C[C@@H](O)[C@H](n3ccc(=O)[nH]c3=O)O2)[C@H](O)[C@@H]1O. The van der Waals surface area contributed by atoms with E-state index in [2.05, 4.69) is 21.4 Å². The molecule has 4 heterocycles. The van der Waals surface area contributed by atoms with E-state index < -0.39 is 60.4 Å². The Labute approximate surface area is 217 Å². The number of rotatable bonds is 10. The van der Waals surface area contributed by atoms with E-state index in [4.69, 9.17) is 19.9 Å². The van der Waals surface area contributed by atoms with Crippen molar-refractivity contribution < 1.29 is 29.5 Å². The molecule has 13 heteroatoms. The van der Waals surface area contributed by atoms with E-state index in [1.165, 1.54) is 12.3 Å². The van der Waals surface area contributed by atoms with Crippen LogP contribution in [0.5, 0.6) is 0 Å².